The van der Waals surface area contributed by atoms with Gasteiger partial charge in [0.1, 0.15) is 0 Å². The van der Waals surface area contributed by atoms with Crippen LogP contribution >= 0.6 is 11.3 Å². The first-order valence-electron chi connectivity index (χ1n) is 9.36. The van der Waals surface area contributed by atoms with Crippen molar-refractivity contribution in [2.45, 2.75) is 44.7 Å². The van der Waals surface area contributed by atoms with Crippen LogP contribution in [0.15, 0.2) is 35.7 Å². The van der Waals surface area contributed by atoms with E-state index < -0.39 is 0 Å². The van der Waals surface area contributed by atoms with Gasteiger partial charge in [-0.25, -0.2) is 9.78 Å². The SMILES string of the molecule is O=C(Nc1nc(C2CCC2)cs1)N1CCCn2c(cc3ccccc32)C1. The highest BCUT2D eigenvalue weighted by Crippen LogP contribution is 2.37. The average molecular weight is 366 g/mol. The summed E-state index contributed by atoms with van der Waals surface area (Å²) in [6, 6.07) is 10.6. The minimum atomic E-state index is -0.0433. The molecular formula is C20H22N4OS. The molecule has 1 saturated carbocycles. The van der Waals surface area contributed by atoms with Crippen molar-refractivity contribution >= 4 is 33.4 Å². The molecule has 5 rings (SSSR count). The first-order chi connectivity index (χ1) is 12.8. The van der Waals surface area contributed by atoms with Gasteiger partial charge >= 0.3 is 6.03 Å². The number of hydrogen-bond acceptors (Lipinski definition) is 3. The zero-order valence-electron chi connectivity index (χ0n) is 14.6. The van der Waals surface area contributed by atoms with Crippen molar-refractivity contribution in [2.75, 3.05) is 11.9 Å². The van der Waals surface area contributed by atoms with Gasteiger partial charge in [-0.1, -0.05) is 24.6 Å². The fraction of sp³-hybridized carbons (Fsp3) is 0.400. The van der Waals surface area contributed by atoms with Gasteiger partial charge in [0.25, 0.3) is 0 Å². The third-order valence-corrected chi connectivity index (χ3v) is 6.38. The Labute approximate surface area is 156 Å². The highest BCUT2D eigenvalue weighted by molar-refractivity contribution is 7.13. The molecule has 0 atom stereocenters. The van der Waals surface area contributed by atoms with Gasteiger partial charge in [-0.2, -0.15) is 0 Å². The minimum absolute atomic E-state index is 0.0433. The number of para-hydroxylation sites is 1. The second kappa shape index (κ2) is 6.43. The van der Waals surface area contributed by atoms with Gasteiger partial charge < -0.3 is 9.47 Å². The predicted octanol–water partition coefficient (Wildman–Crippen LogP) is 4.80. The molecular weight excluding hydrogens is 344 g/mol. The van der Waals surface area contributed by atoms with Gasteiger partial charge in [-0.05, 0) is 36.8 Å². The summed E-state index contributed by atoms with van der Waals surface area (Å²) in [4.78, 5) is 19.3. The minimum Gasteiger partial charge on any atom is -0.343 e. The van der Waals surface area contributed by atoms with E-state index in [0.29, 0.717) is 12.5 Å². The number of urea groups is 1. The third-order valence-electron chi connectivity index (χ3n) is 5.61. The Kier molecular flexibility index (Phi) is 3.93. The highest BCUT2D eigenvalue weighted by atomic mass is 32.1. The molecule has 3 heterocycles. The molecule has 1 N–H and O–H groups in total. The van der Waals surface area contributed by atoms with E-state index in [1.165, 1.54) is 47.2 Å². The zero-order valence-corrected chi connectivity index (χ0v) is 15.5. The van der Waals surface area contributed by atoms with Crippen LogP contribution in [0, 0.1) is 0 Å². The van der Waals surface area contributed by atoms with E-state index in [-0.39, 0.29) is 6.03 Å². The predicted molar refractivity (Wildman–Crippen MR) is 105 cm³/mol. The summed E-state index contributed by atoms with van der Waals surface area (Å²) in [7, 11) is 0. The highest BCUT2D eigenvalue weighted by Gasteiger charge is 2.24. The van der Waals surface area contributed by atoms with Gasteiger partial charge in [0.15, 0.2) is 5.13 Å². The maximum Gasteiger partial charge on any atom is 0.323 e. The summed E-state index contributed by atoms with van der Waals surface area (Å²) in [6.45, 7) is 2.36. The molecule has 134 valence electrons. The van der Waals surface area contributed by atoms with Crippen molar-refractivity contribution < 1.29 is 4.79 Å². The molecule has 2 amide bonds. The Morgan fingerprint density at radius 1 is 1.19 bits per heavy atom. The molecule has 0 radical (unpaired) electrons. The maximum absolute atomic E-state index is 12.8. The number of fused-ring (bicyclic) bond motifs is 3. The Hall–Kier alpha value is -2.34. The largest absolute Gasteiger partial charge is 0.343 e. The lowest BCUT2D eigenvalue weighted by Crippen LogP contribution is -2.34. The van der Waals surface area contributed by atoms with Gasteiger partial charge in [-0.3, -0.25) is 5.32 Å². The van der Waals surface area contributed by atoms with Crippen LogP contribution < -0.4 is 5.32 Å². The summed E-state index contributed by atoms with van der Waals surface area (Å²) in [5.41, 5.74) is 3.61. The van der Waals surface area contributed by atoms with E-state index in [1.807, 2.05) is 4.90 Å². The van der Waals surface area contributed by atoms with E-state index in [4.69, 9.17) is 0 Å². The molecule has 0 bridgehead atoms. The molecule has 3 aromatic rings. The van der Waals surface area contributed by atoms with Crippen LogP contribution in [0.1, 0.15) is 43.0 Å². The van der Waals surface area contributed by atoms with E-state index in [2.05, 4.69) is 50.6 Å². The number of nitrogens with one attached hydrogen (secondary N) is 1. The molecule has 2 aliphatic rings. The number of rotatable bonds is 2. The van der Waals surface area contributed by atoms with Crippen molar-refractivity contribution in [1.82, 2.24) is 14.5 Å². The Morgan fingerprint density at radius 2 is 2.08 bits per heavy atom. The van der Waals surface area contributed by atoms with Gasteiger partial charge in [-0.15, -0.1) is 11.3 Å². The molecule has 1 aliphatic carbocycles. The summed E-state index contributed by atoms with van der Waals surface area (Å²) in [5, 5.41) is 7.08. The molecule has 1 aliphatic heterocycles. The lowest BCUT2D eigenvalue weighted by Gasteiger charge is -2.23. The van der Waals surface area contributed by atoms with Crippen molar-refractivity contribution in [3.05, 3.63) is 47.1 Å². The Bertz CT molecular complexity index is 956. The summed E-state index contributed by atoms with van der Waals surface area (Å²) in [6.07, 6.45) is 4.72. The molecule has 0 spiro atoms. The molecule has 6 heteroatoms. The maximum atomic E-state index is 12.8. The van der Waals surface area contributed by atoms with E-state index in [0.717, 1.165) is 30.3 Å². The van der Waals surface area contributed by atoms with Crippen molar-refractivity contribution in [3.63, 3.8) is 0 Å². The van der Waals surface area contributed by atoms with Gasteiger partial charge in [0.05, 0.1) is 12.2 Å². The number of carbonyl (C=O) groups is 1. The van der Waals surface area contributed by atoms with Gasteiger partial charge in [0.2, 0.25) is 0 Å². The number of aromatic nitrogens is 2. The van der Waals surface area contributed by atoms with Crippen LogP contribution in [0.4, 0.5) is 9.93 Å². The fourth-order valence-corrected chi connectivity index (χ4v) is 4.72. The topological polar surface area (TPSA) is 50.2 Å². The average Bonchev–Trinajstić information content (AvgIpc) is 3.11. The lowest BCUT2D eigenvalue weighted by molar-refractivity contribution is 0.210. The summed E-state index contributed by atoms with van der Waals surface area (Å²) >= 11 is 1.54. The first-order valence-corrected chi connectivity index (χ1v) is 10.2. The van der Waals surface area contributed by atoms with Crippen molar-refractivity contribution in [1.29, 1.82) is 0 Å². The number of amides is 2. The number of anilines is 1. The number of carbonyl (C=O) groups excluding carboxylic acids is 1. The smallest absolute Gasteiger partial charge is 0.323 e. The number of aryl methyl sites for hydroxylation is 1. The van der Waals surface area contributed by atoms with Crippen LogP contribution in [-0.2, 0) is 13.1 Å². The Balaban J connectivity index is 1.33. The monoisotopic (exact) mass is 366 g/mol. The quantitative estimate of drug-likeness (QED) is 0.708. The Morgan fingerprint density at radius 3 is 2.92 bits per heavy atom. The molecule has 1 aromatic carbocycles. The molecule has 0 unspecified atom stereocenters. The molecule has 2 aromatic heterocycles. The van der Waals surface area contributed by atoms with Crippen LogP contribution in [0.3, 0.4) is 0 Å². The number of benzene rings is 1. The van der Waals surface area contributed by atoms with Crippen molar-refractivity contribution in [2.24, 2.45) is 0 Å². The lowest BCUT2D eigenvalue weighted by atomic mass is 9.83. The van der Waals surface area contributed by atoms with Crippen LogP contribution in [0.5, 0.6) is 0 Å². The van der Waals surface area contributed by atoms with Crippen LogP contribution in [0.25, 0.3) is 10.9 Å². The molecule has 26 heavy (non-hydrogen) atoms. The summed E-state index contributed by atoms with van der Waals surface area (Å²) in [5.74, 6) is 0.603. The standard InChI is InChI=1S/C20H22N4OS/c25-20(22-19-21-17(13-26-19)14-6-3-7-14)23-9-4-10-24-16(12-23)11-15-5-1-2-8-18(15)24/h1-2,5,8,11,13-14H,3-4,6-7,9-10,12H2,(H,21,22,25). The second-order valence-electron chi connectivity index (χ2n) is 7.26. The fourth-order valence-electron chi connectivity index (χ4n) is 3.94. The van der Waals surface area contributed by atoms with Crippen molar-refractivity contribution in [3.8, 4) is 0 Å². The molecule has 5 nitrogen and oxygen atoms in total. The normalized spacial score (nSPS) is 17.6. The number of thiazole rings is 1. The molecule has 0 saturated heterocycles. The second-order valence-corrected chi connectivity index (χ2v) is 8.11. The first kappa shape index (κ1) is 15.9. The third kappa shape index (κ3) is 2.78. The van der Waals surface area contributed by atoms with Gasteiger partial charge in [0, 0.05) is 35.6 Å². The van der Waals surface area contributed by atoms with E-state index in [1.54, 1.807) is 0 Å². The van der Waals surface area contributed by atoms with E-state index in [9.17, 15) is 4.79 Å². The number of hydrogen-bond donors (Lipinski definition) is 1. The van der Waals surface area contributed by atoms with E-state index >= 15 is 0 Å². The zero-order chi connectivity index (χ0) is 17.5. The molecule has 1 fully saturated rings. The van der Waals surface area contributed by atoms with Crippen LogP contribution in [0.2, 0.25) is 0 Å². The number of nitrogens with zero attached hydrogens (tertiary/aromatic N) is 3. The van der Waals surface area contributed by atoms with Crippen LogP contribution in [-0.4, -0.2) is 27.0 Å². The summed E-state index contributed by atoms with van der Waals surface area (Å²) < 4.78 is 2.35.